The Kier molecular flexibility index (Phi) is 22.5. The van der Waals surface area contributed by atoms with Crippen molar-refractivity contribution < 1.29 is 0 Å². The first kappa shape index (κ1) is 72.9. The summed E-state index contributed by atoms with van der Waals surface area (Å²) in [5.74, 6) is 3.73. The summed E-state index contributed by atoms with van der Waals surface area (Å²) < 4.78 is 12.9. The summed E-state index contributed by atoms with van der Waals surface area (Å²) in [5, 5.41) is 16.9. The van der Waals surface area contributed by atoms with Crippen LogP contribution in [-0.4, -0.2) is 57.8 Å². The Labute approximate surface area is 653 Å². The predicted molar refractivity (Wildman–Crippen MR) is 462 cm³/mol. The van der Waals surface area contributed by atoms with Crippen LogP contribution >= 0.6 is 0 Å². The van der Waals surface area contributed by atoms with E-state index in [1.807, 2.05) is 182 Å². The molecule has 0 saturated heterocycles. The Balaban J connectivity index is 0.000000106. The lowest BCUT2D eigenvalue weighted by atomic mass is 10.1. The first-order chi connectivity index (χ1) is 55.1. The molecule has 0 spiro atoms. The van der Waals surface area contributed by atoms with Gasteiger partial charge in [-0.05, 0) is 157 Å². The third-order valence-electron chi connectivity index (χ3n) is 19.4. The van der Waals surface area contributed by atoms with Crippen LogP contribution in [-0.2, 0) is 0 Å². The zero-order valence-corrected chi connectivity index (χ0v) is 63.5. The van der Waals surface area contributed by atoms with Gasteiger partial charge in [0.15, 0.2) is 5.82 Å². The van der Waals surface area contributed by atoms with Crippen molar-refractivity contribution in [2.75, 3.05) is 0 Å². The number of hydrogen-bond acceptors (Lipinski definition) is 6. The Morgan fingerprint density at radius 3 is 1.22 bits per heavy atom. The van der Waals surface area contributed by atoms with E-state index < -0.39 is 0 Å². The Morgan fingerprint density at radius 2 is 0.679 bits per heavy atom. The molecule has 112 heavy (non-hydrogen) atoms. The number of benzene rings is 13. The Hall–Kier alpha value is -14.6. The van der Waals surface area contributed by atoms with Gasteiger partial charge in [0.2, 0.25) is 0 Å². The largest absolute Gasteiger partial charge is 0.309 e. The highest BCUT2D eigenvalue weighted by Gasteiger charge is 2.17. The second-order valence-electron chi connectivity index (χ2n) is 27.2. The van der Waals surface area contributed by atoms with E-state index in [0.29, 0.717) is 0 Å². The number of aryl methyl sites for hydroxylation is 6. The molecular weight excluding hydrogens is 1370 g/mol. The van der Waals surface area contributed by atoms with Crippen LogP contribution in [0.4, 0.5) is 0 Å². The van der Waals surface area contributed by atoms with Crippen molar-refractivity contribution in [2.45, 2.75) is 41.5 Å². The molecule has 12 heteroatoms. The molecular formula is C100H84N12. The molecule has 0 aliphatic heterocycles. The number of aromatic nitrogens is 12. The molecule has 7 aromatic heterocycles. The minimum Gasteiger partial charge on any atom is -0.309 e. The first-order valence-electron chi connectivity index (χ1n) is 37.6. The van der Waals surface area contributed by atoms with Gasteiger partial charge in [0.25, 0.3) is 0 Å². The average Bonchev–Trinajstić information content (AvgIpc) is 1.61. The van der Waals surface area contributed by atoms with E-state index in [1.165, 1.54) is 60.8 Å². The molecule has 13 aromatic carbocycles. The van der Waals surface area contributed by atoms with Crippen LogP contribution in [0.15, 0.2) is 401 Å². The molecule has 0 amide bonds. The fourth-order valence-electron chi connectivity index (χ4n) is 14.0. The van der Waals surface area contributed by atoms with Gasteiger partial charge in [-0.15, -0.1) is 10.2 Å². The molecule has 0 fully saturated rings. The van der Waals surface area contributed by atoms with Crippen molar-refractivity contribution >= 4 is 43.7 Å². The van der Waals surface area contributed by atoms with Crippen LogP contribution in [0, 0.1) is 41.5 Å². The molecule has 7 heterocycles. The van der Waals surface area contributed by atoms with Gasteiger partial charge < -0.3 is 9.13 Å². The molecule has 20 rings (SSSR count). The van der Waals surface area contributed by atoms with Crippen LogP contribution in [0.25, 0.3) is 123 Å². The maximum Gasteiger partial charge on any atom is 0.168 e. The van der Waals surface area contributed by atoms with Gasteiger partial charge in [-0.25, -0.2) is 14.6 Å². The van der Waals surface area contributed by atoms with Crippen molar-refractivity contribution in [1.82, 2.24) is 57.8 Å². The molecule has 544 valence electrons. The Morgan fingerprint density at radius 1 is 0.250 bits per heavy atom. The summed E-state index contributed by atoms with van der Waals surface area (Å²) in [5.41, 5.74) is 24.4. The monoisotopic (exact) mass is 1450 g/mol. The van der Waals surface area contributed by atoms with Crippen LogP contribution in [0.5, 0.6) is 0 Å². The van der Waals surface area contributed by atoms with E-state index in [2.05, 4.69) is 318 Å². The van der Waals surface area contributed by atoms with Gasteiger partial charge in [-0.2, -0.15) is 5.10 Å². The lowest BCUT2D eigenvalue weighted by molar-refractivity contribution is 0.850. The van der Waals surface area contributed by atoms with Crippen molar-refractivity contribution in [1.29, 1.82) is 0 Å². The zero-order valence-electron chi connectivity index (χ0n) is 63.5. The van der Waals surface area contributed by atoms with Gasteiger partial charge >= 0.3 is 0 Å². The molecule has 0 aliphatic carbocycles. The third kappa shape index (κ3) is 16.4. The number of fused-ring (bicyclic) bond motifs is 6. The summed E-state index contributed by atoms with van der Waals surface area (Å²) in [6.45, 7) is 12.4. The smallest absolute Gasteiger partial charge is 0.168 e. The van der Waals surface area contributed by atoms with E-state index in [1.54, 1.807) is 0 Å². The topological polar surface area (TPSA) is 107 Å². The van der Waals surface area contributed by atoms with Gasteiger partial charge in [-0.3, -0.25) is 18.7 Å². The first-order valence-corrected chi connectivity index (χ1v) is 37.6. The number of imidazole rings is 2. The lowest BCUT2D eigenvalue weighted by Crippen LogP contribution is -1.99. The second kappa shape index (κ2) is 34.5. The minimum atomic E-state index is 0.874. The van der Waals surface area contributed by atoms with Gasteiger partial charge in [0.05, 0.1) is 39.0 Å². The quantitative estimate of drug-likeness (QED) is 0.135. The van der Waals surface area contributed by atoms with Crippen molar-refractivity contribution in [2.24, 2.45) is 0 Å². The molecule has 0 aliphatic rings. The summed E-state index contributed by atoms with van der Waals surface area (Å²) >= 11 is 0. The summed E-state index contributed by atoms with van der Waals surface area (Å²) in [4.78, 5) is 13.5. The highest BCUT2D eigenvalue weighted by molar-refractivity contribution is 6.09. The van der Waals surface area contributed by atoms with Crippen molar-refractivity contribution in [3.05, 3.63) is 435 Å². The van der Waals surface area contributed by atoms with E-state index in [9.17, 15) is 0 Å². The average molecular weight is 1450 g/mol. The fraction of sp³-hybridized carbons (Fsp3) is 0.0600. The summed E-state index contributed by atoms with van der Waals surface area (Å²) in [7, 11) is 0. The van der Waals surface area contributed by atoms with Crippen molar-refractivity contribution in [3.8, 4) is 79.5 Å². The highest BCUT2D eigenvalue weighted by Crippen LogP contribution is 2.34. The van der Waals surface area contributed by atoms with Crippen molar-refractivity contribution in [3.63, 3.8) is 0 Å². The van der Waals surface area contributed by atoms with Gasteiger partial charge in [0.1, 0.15) is 17.5 Å². The molecule has 0 atom stereocenters. The number of rotatable bonds is 10. The summed E-state index contributed by atoms with van der Waals surface area (Å²) in [6, 6.07) is 129. The van der Waals surface area contributed by atoms with Crippen LogP contribution in [0.3, 0.4) is 0 Å². The predicted octanol–water partition coefficient (Wildman–Crippen LogP) is 24.4. The maximum atomic E-state index is 4.67. The lowest BCUT2D eigenvalue weighted by Gasteiger charge is -2.10. The molecule has 0 unspecified atom stereocenters. The SMILES string of the molecule is Cc1cc(-c2ccccc2)nn1-c1ccccc1.Cc1ccc(-n2c3ccccc3c3ccccc32)cc1.Cc1ccc(-n2c3ccccc3c3ncccc32)cc1.Cc1cccc(-c2nccn2-c2ccccc2)c1.Cc1cnc(-c2ccccc2)n1-c1ccccc1.Cc1nnc(-c2ccccc2)n1-c1ccccc1. The third-order valence-corrected chi connectivity index (χ3v) is 19.4. The fourth-order valence-corrected chi connectivity index (χ4v) is 14.0. The number of nitrogens with zero attached hydrogens (tertiary/aromatic N) is 12. The van der Waals surface area contributed by atoms with Gasteiger partial charge in [0, 0.05) is 103 Å². The highest BCUT2D eigenvalue weighted by atomic mass is 15.3. The van der Waals surface area contributed by atoms with E-state index in [4.69, 9.17) is 0 Å². The minimum absolute atomic E-state index is 0.874. The normalized spacial score (nSPS) is 10.8. The van der Waals surface area contributed by atoms with Crippen LogP contribution in [0.2, 0.25) is 0 Å². The number of hydrogen-bond donors (Lipinski definition) is 0. The van der Waals surface area contributed by atoms with E-state index in [0.717, 1.165) is 96.4 Å². The molecule has 0 bridgehead atoms. The van der Waals surface area contributed by atoms with Gasteiger partial charge in [-0.1, -0.05) is 278 Å². The molecule has 0 N–H and O–H groups in total. The zero-order chi connectivity index (χ0) is 76.5. The summed E-state index contributed by atoms with van der Waals surface area (Å²) in [6.07, 6.45) is 7.60. The second-order valence-corrected chi connectivity index (χ2v) is 27.2. The maximum absolute atomic E-state index is 4.67. The van der Waals surface area contributed by atoms with E-state index >= 15 is 0 Å². The number of pyridine rings is 1. The molecule has 12 nitrogen and oxygen atoms in total. The van der Waals surface area contributed by atoms with E-state index in [-0.39, 0.29) is 0 Å². The van der Waals surface area contributed by atoms with Crippen LogP contribution in [0.1, 0.15) is 33.9 Å². The Bertz CT molecular complexity index is 6020. The molecule has 0 radical (unpaired) electrons. The number of para-hydroxylation sites is 7. The standard InChI is InChI=1S/C19H15N.C18H14N2.3C16H14N2.C15H13N3/c1-14-10-12-15(13-11-14)20-18-8-4-2-6-16(18)17-7-3-5-9-19(17)20;1-13-8-10-14(11-9-13)20-16-6-3-2-5-15(16)18-17(20)7-4-12-19-18;1-13-12-17-16(14-8-4-2-5-9-14)18(13)15-10-6-3-7-11-15;1-13-12-16(14-8-4-2-5-9-14)17-18(13)15-10-6-3-7-11-15;1-13-6-5-7-14(12-13)16-17-10-11-18(16)15-8-3-2-4-9-15;1-12-16-17-15(13-8-4-2-5-9-13)18(12)14-10-6-3-7-11-14/h2-13H,1H3;2-12H,1H3;3*2-12H,1H3;2-11H,1H3. The molecule has 0 saturated carbocycles. The molecule has 20 aromatic rings. The van der Waals surface area contributed by atoms with Crippen LogP contribution < -0.4 is 0 Å².